The lowest BCUT2D eigenvalue weighted by Gasteiger charge is -2.15. The predicted molar refractivity (Wildman–Crippen MR) is 65.3 cm³/mol. The lowest BCUT2D eigenvalue weighted by molar-refractivity contribution is 0.323. The topological polar surface area (TPSA) is 27.0 Å². The molecule has 3 heteroatoms. The van der Waals surface area contributed by atoms with Crippen LogP contribution in [-0.2, 0) is 6.54 Å². The minimum Gasteiger partial charge on any atom is -0.302 e. The third-order valence-electron chi connectivity index (χ3n) is 2.19. The van der Waals surface area contributed by atoms with E-state index in [4.69, 9.17) is 5.26 Å². The molecule has 0 amide bonds. The summed E-state index contributed by atoms with van der Waals surface area (Å²) in [5, 5.41) is 8.43. The van der Waals surface area contributed by atoms with E-state index in [1.165, 1.54) is 5.56 Å². The maximum absolute atomic E-state index is 8.43. The van der Waals surface area contributed by atoms with Crippen molar-refractivity contribution in [1.29, 1.82) is 5.26 Å². The number of nitrogens with zero attached hydrogens (tertiary/aromatic N) is 2. The van der Waals surface area contributed by atoms with E-state index >= 15 is 0 Å². The Kier molecular flexibility index (Phi) is 5.38. The number of unbranched alkanes of at least 4 members (excludes halogenated alkanes) is 1. The molecule has 0 aromatic heterocycles. The van der Waals surface area contributed by atoms with Crippen molar-refractivity contribution in [3.8, 4) is 6.07 Å². The minimum atomic E-state index is 0.644. The highest BCUT2D eigenvalue weighted by Crippen LogP contribution is 2.11. The van der Waals surface area contributed by atoms with Gasteiger partial charge in [-0.25, -0.2) is 0 Å². The third-order valence-corrected chi connectivity index (χ3v) is 2.72. The van der Waals surface area contributed by atoms with Crippen LogP contribution in [0.5, 0.6) is 0 Å². The van der Waals surface area contributed by atoms with Crippen molar-refractivity contribution in [3.05, 3.63) is 34.3 Å². The van der Waals surface area contributed by atoms with Crippen molar-refractivity contribution in [1.82, 2.24) is 4.90 Å². The van der Waals surface area contributed by atoms with Crippen molar-refractivity contribution >= 4 is 15.9 Å². The summed E-state index contributed by atoms with van der Waals surface area (Å²) in [4.78, 5) is 2.24. The first-order valence-electron chi connectivity index (χ1n) is 5.02. The first kappa shape index (κ1) is 12.2. The van der Waals surface area contributed by atoms with Gasteiger partial charge in [-0.3, -0.25) is 0 Å². The van der Waals surface area contributed by atoms with Gasteiger partial charge in [0, 0.05) is 17.4 Å². The van der Waals surface area contributed by atoms with Crippen LogP contribution in [0.3, 0.4) is 0 Å². The Labute approximate surface area is 99.6 Å². The number of rotatable bonds is 5. The van der Waals surface area contributed by atoms with Crippen LogP contribution >= 0.6 is 15.9 Å². The SMILES string of the molecule is CN(CCCC#N)Cc1ccc(Br)cc1. The van der Waals surface area contributed by atoms with Gasteiger partial charge in [0.1, 0.15) is 0 Å². The highest BCUT2D eigenvalue weighted by molar-refractivity contribution is 9.10. The van der Waals surface area contributed by atoms with Crippen LogP contribution in [0.2, 0.25) is 0 Å². The molecular weight excluding hydrogens is 252 g/mol. The van der Waals surface area contributed by atoms with Crippen LogP contribution in [-0.4, -0.2) is 18.5 Å². The average molecular weight is 267 g/mol. The van der Waals surface area contributed by atoms with E-state index in [0.717, 1.165) is 24.0 Å². The molecule has 0 heterocycles. The quantitative estimate of drug-likeness (QED) is 0.766. The van der Waals surface area contributed by atoms with Crippen LogP contribution < -0.4 is 0 Å². The van der Waals surface area contributed by atoms with E-state index in [0.29, 0.717) is 6.42 Å². The largest absolute Gasteiger partial charge is 0.302 e. The van der Waals surface area contributed by atoms with Gasteiger partial charge >= 0.3 is 0 Å². The summed E-state index contributed by atoms with van der Waals surface area (Å²) in [5.41, 5.74) is 1.30. The van der Waals surface area contributed by atoms with Gasteiger partial charge in [0.25, 0.3) is 0 Å². The van der Waals surface area contributed by atoms with E-state index in [1.54, 1.807) is 0 Å². The van der Waals surface area contributed by atoms with Gasteiger partial charge in [-0.15, -0.1) is 0 Å². The van der Waals surface area contributed by atoms with Gasteiger partial charge in [0.15, 0.2) is 0 Å². The Bertz CT molecular complexity index is 326. The Morgan fingerprint density at radius 1 is 1.33 bits per heavy atom. The fourth-order valence-corrected chi connectivity index (χ4v) is 1.67. The van der Waals surface area contributed by atoms with E-state index < -0.39 is 0 Å². The summed E-state index contributed by atoms with van der Waals surface area (Å²) in [5.74, 6) is 0. The Morgan fingerprint density at radius 3 is 2.60 bits per heavy atom. The van der Waals surface area contributed by atoms with E-state index in [9.17, 15) is 0 Å². The van der Waals surface area contributed by atoms with E-state index in [1.807, 2.05) is 0 Å². The molecule has 2 nitrogen and oxygen atoms in total. The monoisotopic (exact) mass is 266 g/mol. The smallest absolute Gasteiger partial charge is 0.0622 e. The number of hydrogen-bond acceptors (Lipinski definition) is 2. The Morgan fingerprint density at radius 2 is 2.00 bits per heavy atom. The molecule has 1 rings (SSSR count). The lowest BCUT2D eigenvalue weighted by Crippen LogP contribution is -2.18. The highest BCUT2D eigenvalue weighted by atomic mass is 79.9. The van der Waals surface area contributed by atoms with E-state index in [2.05, 4.69) is 58.2 Å². The zero-order chi connectivity index (χ0) is 11.1. The van der Waals surface area contributed by atoms with E-state index in [-0.39, 0.29) is 0 Å². The van der Waals surface area contributed by atoms with Gasteiger partial charge in [-0.1, -0.05) is 28.1 Å². The maximum atomic E-state index is 8.43. The van der Waals surface area contributed by atoms with Crippen molar-refractivity contribution in [2.24, 2.45) is 0 Å². The zero-order valence-corrected chi connectivity index (χ0v) is 10.5. The molecule has 0 saturated heterocycles. The molecule has 15 heavy (non-hydrogen) atoms. The fraction of sp³-hybridized carbons (Fsp3) is 0.417. The second-order valence-corrected chi connectivity index (χ2v) is 4.54. The zero-order valence-electron chi connectivity index (χ0n) is 8.91. The molecule has 0 fully saturated rings. The number of benzene rings is 1. The molecule has 0 aliphatic carbocycles. The molecule has 0 unspecified atom stereocenters. The van der Waals surface area contributed by atoms with Gasteiger partial charge in [-0.2, -0.15) is 5.26 Å². The Hall–Kier alpha value is -0.850. The molecule has 1 aromatic carbocycles. The summed E-state index contributed by atoms with van der Waals surface area (Å²) in [6.45, 7) is 1.92. The van der Waals surface area contributed by atoms with Gasteiger partial charge in [0.2, 0.25) is 0 Å². The van der Waals surface area contributed by atoms with Crippen LogP contribution in [0.4, 0.5) is 0 Å². The number of hydrogen-bond donors (Lipinski definition) is 0. The van der Waals surface area contributed by atoms with Crippen LogP contribution in [0, 0.1) is 11.3 Å². The summed E-state index contributed by atoms with van der Waals surface area (Å²) in [6.07, 6.45) is 1.59. The fourth-order valence-electron chi connectivity index (χ4n) is 1.41. The molecule has 0 atom stereocenters. The third kappa shape index (κ3) is 4.96. The van der Waals surface area contributed by atoms with Crippen LogP contribution in [0.15, 0.2) is 28.7 Å². The molecule has 0 radical (unpaired) electrons. The predicted octanol–water partition coefficient (Wildman–Crippen LogP) is 3.18. The van der Waals surface area contributed by atoms with Crippen molar-refractivity contribution in [2.45, 2.75) is 19.4 Å². The van der Waals surface area contributed by atoms with Crippen LogP contribution in [0.1, 0.15) is 18.4 Å². The van der Waals surface area contributed by atoms with Gasteiger partial charge in [0.05, 0.1) is 6.07 Å². The maximum Gasteiger partial charge on any atom is 0.0622 e. The molecule has 0 aliphatic rings. The number of nitriles is 1. The Balaban J connectivity index is 2.34. The first-order chi connectivity index (χ1) is 7.22. The molecule has 0 saturated carbocycles. The number of halogens is 1. The first-order valence-corrected chi connectivity index (χ1v) is 5.81. The minimum absolute atomic E-state index is 0.644. The van der Waals surface area contributed by atoms with Crippen molar-refractivity contribution in [2.75, 3.05) is 13.6 Å². The molecular formula is C12H15BrN2. The summed E-state index contributed by atoms with van der Waals surface area (Å²) < 4.78 is 1.11. The molecule has 0 bridgehead atoms. The standard InChI is InChI=1S/C12H15BrN2/c1-15(9-3-2-8-14)10-11-4-6-12(13)7-5-11/h4-7H,2-3,9-10H2,1H3. The molecule has 0 N–H and O–H groups in total. The molecule has 1 aromatic rings. The second kappa shape index (κ2) is 6.60. The second-order valence-electron chi connectivity index (χ2n) is 3.63. The molecule has 80 valence electrons. The summed E-state index contributed by atoms with van der Waals surface area (Å²) >= 11 is 3.41. The van der Waals surface area contributed by atoms with Crippen molar-refractivity contribution in [3.63, 3.8) is 0 Å². The lowest BCUT2D eigenvalue weighted by atomic mass is 10.2. The van der Waals surface area contributed by atoms with Crippen LogP contribution in [0.25, 0.3) is 0 Å². The normalized spacial score (nSPS) is 10.3. The molecule has 0 spiro atoms. The average Bonchev–Trinajstić information content (AvgIpc) is 2.22. The van der Waals surface area contributed by atoms with Gasteiger partial charge < -0.3 is 4.90 Å². The van der Waals surface area contributed by atoms with Crippen molar-refractivity contribution < 1.29 is 0 Å². The summed E-state index contributed by atoms with van der Waals surface area (Å²) in [6, 6.07) is 10.5. The highest BCUT2D eigenvalue weighted by Gasteiger charge is 1.99. The van der Waals surface area contributed by atoms with Gasteiger partial charge in [-0.05, 0) is 37.7 Å². The molecule has 0 aliphatic heterocycles. The summed E-state index contributed by atoms with van der Waals surface area (Å²) in [7, 11) is 2.08.